The van der Waals surface area contributed by atoms with Crippen molar-refractivity contribution in [2.45, 2.75) is 18.0 Å². The molecule has 0 aromatic carbocycles. The fraction of sp³-hybridized carbons (Fsp3) is 0.750. The molecule has 0 atom stereocenters. The second-order valence-corrected chi connectivity index (χ2v) is 7.83. The molecule has 0 aliphatic carbocycles. The van der Waals surface area contributed by atoms with Crippen LogP contribution in [0.1, 0.15) is 6.42 Å². The first kappa shape index (κ1) is 10.5. The van der Waals surface area contributed by atoms with Crippen LogP contribution in [0, 0.1) is 0 Å². The lowest BCUT2D eigenvalue weighted by atomic mass is 10.5. The van der Waals surface area contributed by atoms with Crippen molar-refractivity contribution in [1.29, 1.82) is 0 Å². The maximum atomic E-state index is 8.64. The zero-order chi connectivity index (χ0) is 9.90. The predicted molar refractivity (Wildman–Crippen MR) is 55.4 cm³/mol. The third-order valence-corrected chi connectivity index (χ3v) is 3.13. The standard InChI is InChI=1S/C8H17N3OS/c1-13(2,3)8-7-11(10-9-8)5-4-6-12/h7,12H,4-6H2,1-3H3. The summed E-state index contributed by atoms with van der Waals surface area (Å²) in [7, 11) is -0.764. The van der Waals surface area contributed by atoms with Gasteiger partial charge in [0, 0.05) is 13.2 Å². The molecule has 0 aliphatic heterocycles. The molecule has 0 aliphatic rings. The number of nitrogens with zero attached hydrogens (tertiary/aromatic N) is 3. The molecule has 1 aromatic heterocycles. The first-order valence-corrected chi connectivity index (χ1v) is 7.09. The van der Waals surface area contributed by atoms with Gasteiger partial charge in [-0.15, -0.1) is 5.10 Å². The molecular formula is C8H17N3OS. The highest BCUT2D eigenvalue weighted by molar-refractivity contribution is 8.32. The second kappa shape index (κ2) is 4.11. The van der Waals surface area contributed by atoms with Crippen LogP contribution >= 0.6 is 10.0 Å². The summed E-state index contributed by atoms with van der Waals surface area (Å²) in [6, 6.07) is 0. The molecule has 5 heteroatoms. The molecule has 0 saturated carbocycles. The number of aromatic nitrogens is 3. The average molecular weight is 203 g/mol. The normalized spacial score (nSPS) is 13.2. The van der Waals surface area contributed by atoms with Crippen molar-refractivity contribution >= 4 is 10.0 Å². The number of hydrogen-bond acceptors (Lipinski definition) is 3. The Bertz CT molecular complexity index is 267. The summed E-state index contributed by atoms with van der Waals surface area (Å²) in [6.45, 7) is 0.955. The van der Waals surface area contributed by atoms with Crippen LogP contribution in [0.4, 0.5) is 0 Å². The Labute approximate surface area is 80.3 Å². The highest BCUT2D eigenvalue weighted by Gasteiger charge is 2.11. The minimum absolute atomic E-state index is 0.206. The van der Waals surface area contributed by atoms with Gasteiger partial charge in [-0.25, -0.2) is 10.0 Å². The Morgan fingerprint density at radius 2 is 2.15 bits per heavy atom. The van der Waals surface area contributed by atoms with Crippen LogP contribution in [0.3, 0.4) is 0 Å². The Hall–Kier alpha value is -0.550. The van der Waals surface area contributed by atoms with Gasteiger partial charge in [-0.3, -0.25) is 4.68 Å². The number of hydrogen-bond donors (Lipinski definition) is 1. The molecule has 1 N–H and O–H groups in total. The molecule has 4 nitrogen and oxygen atoms in total. The van der Waals surface area contributed by atoms with Gasteiger partial charge in [0.1, 0.15) is 5.03 Å². The minimum atomic E-state index is -0.764. The molecule has 0 bridgehead atoms. The fourth-order valence-electron chi connectivity index (χ4n) is 0.903. The van der Waals surface area contributed by atoms with E-state index in [2.05, 4.69) is 29.1 Å². The number of aliphatic hydroxyl groups is 1. The van der Waals surface area contributed by atoms with Crippen LogP contribution in [0.25, 0.3) is 0 Å². The SMILES string of the molecule is CS(C)(C)c1cn(CCCO)nn1. The highest BCUT2D eigenvalue weighted by atomic mass is 32.3. The summed E-state index contributed by atoms with van der Waals surface area (Å²) < 4.78 is 1.80. The van der Waals surface area contributed by atoms with Gasteiger partial charge < -0.3 is 5.11 Å². The van der Waals surface area contributed by atoms with E-state index in [9.17, 15) is 0 Å². The summed E-state index contributed by atoms with van der Waals surface area (Å²) in [5, 5.41) is 17.8. The molecule has 0 fully saturated rings. The molecule has 0 amide bonds. The van der Waals surface area contributed by atoms with Crippen molar-refractivity contribution in [3.63, 3.8) is 0 Å². The largest absolute Gasteiger partial charge is 0.396 e. The van der Waals surface area contributed by atoms with Crippen LogP contribution in [-0.2, 0) is 6.54 Å². The molecule has 1 heterocycles. The van der Waals surface area contributed by atoms with Gasteiger partial charge in [0.15, 0.2) is 0 Å². The van der Waals surface area contributed by atoms with Crippen molar-refractivity contribution in [2.75, 3.05) is 25.4 Å². The van der Waals surface area contributed by atoms with E-state index in [0.717, 1.165) is 18.0 Å². The lowest BCUT2D eigenvalue weighted by Gasteiger charge is -2.20. The van der Waals surface area contributed by atoms with Gasteiger partial charge in [-0.1, -0.05) is 5.21 Å². The molecular weight excluding hydrogens is 186 g/mol. The summed E-state index contributed by atoms with van der Waals surface area (Å²) in [5.41, 5.74) is 0. The first-order valence-electron chi connectivity index (χ1n) is 4.23. The van der Waals surface area contributed by atoms with Gasteiger partial charge in [0.25, 0.3) is 0 Å². The van der Waals surface area contributed by atoms with Crippen LogP contribution < -0.4 is 0 Å². The topological polar surface area (TPSA) is 50.9 Å². The summed E-state index contributed by atoms with van der Waals surface area (Å²) in [5.74, 6) is 0. The molecule has 1 aromatic rings. The first-order chi connectivity index (χ1) is 6.04. The third-order valence-electron chi connectivity index (χ3n) is 1.69. The van der Waals surface area contributed by atoms with E-state index in [0.29, 0.717) is 0 Å². The van der Waals surface area contributed by atoms with Gasteiger partial charge in [0.05, 0.1) is 6.20 Å². The fourth-order valence-corrected chi connectivity index (χ4v) is 1.62. The van der Waals surface area contributed by atoms with Crippen molar-refractivity contribution in [3.05, 3.63) is 6.20 Å². The van der Waals surface area contributed by atoms with Crippen LogP contribution in [-0.4, -0.2) is 45.5 Å². The molecule has 0 radical (unpaired) electrons. The van der Waals surface area contributed by atoms with E-state index in [1.54, 1.807) is 4.68 Å². The number of aliphatic hydroxyl groups excluding tert-OH is 1. The van der Waals surface area contributed by atoms with Crippen molar-refractivity contribution in [1.82, 2.24) is 15.0 Å². The molecule has 76 valence electrons. The lowest BCUT2D eigenvalue weighted by molar-refractivity contribution is 0.276. The predicted octanol–water partition coefficient (Wildman–Crippen LogP) is 0.713. The van der Waals surface area contributed by atoms with Crippen molar-refractivity contribution in [2.24, 2.45) is 0 Å². The van der Waals surface area contributed by atoms with Gasteiger partial charge in [-0.2, -0.15) is 0 Å². The number of rotatable bonds is 4. The molecule has 0 saturated heterocycles. The van der Waals surface area contributed by atoms with Crippen LogP contribution in [0.15, 0.2) is 11.2 Å². The van der Waals surface area contributed by atoms with E-state index >= 15 is 0 Å². The van der Waals surface area contributed by atoms with E-state index in [1.165, 1.54) is 0 Å². The van der Waals surface area contributed by atoms with Crippen LogP contribution in [0.5, 0.6) is 0 Å². The quantitative estimate of drug-likeness (QED) is 0.784. The van der Waals surface area contributed by atoms with E-state index in [1.807, 2.05) is 6.20 Å². The Balaban J connectivity index is 2.64. The summed E-state index contributed by atoms with van der Waals surface area (Å²) in [4.78, 5) is 0. The minimum Gasteiger partial charge on any atom is -0.396 e. The van der Waals surface area contributed by atoms with E-state index < -0.39 is 10.0 Å². The third kappa shape index (κ3) is 3.00. The molecule has 1 rings (SSSR count). The van der Waals surface area contributed by atoms with Crippen LogP contribution in [0.2, 0.25) is 0 Å². The summed E-state index contributed by atoms with van der Waals surface area (Å²) >= 11 is 0. The highest BCUT2D eigenvalue weighted by Crippen LogP contribution is 2.42. The van der Waals surface area contributed by atoms with E-state index in [-0.39, 0.29) is 6.61 Å². The average Bonchev–Trinajstić information content (AvgIpc) is 2.47. The zero-order valence-corrected chi connectivity index (χ0v) is 9.21. The number of aryl methyl sites for hydroxylation is 1. The van der Waals surface area contributed by atoms with E-state index in [4.69, 9.17) is 5.11 Å². The molecule has 0 spiro atoms. The Kier molecular flexibility index (Phi) is 3.33. The van der Waals surface area contributed by atoms with Gasteiger partial charge in [0.2, 0.25) is 0 Å². The molecule has 13 heavy (non-hydrogen) atoms. The Morgan fingerprint density at radius 1 is 1.46 bits per heavy atom. The molecule has 0 unspecified atom stereocenters. The van der Waals surface area contributed by atoms with Crippen molar-refractivity contribution in [3.8, 4) is 0 Å². The maximum Gasteiger partial charge on any atom is 0.121 e. The van der Waals surface area contributed by atoms with Gasteiger partial charge >= 0.3 is 0 Å². The van der Waals surface area contributed by atoms with Crippen molar-refractivity contribution < 1.29 is 5.11 Å². The smallest absolute Gasteiger partial charge is 0.121 e. The Morgan fingerprint density at radius 3 is 2.62 bits per heavy atom. The van der Waals surface area contributed by atoms with Gasteiger partial charge in [-0.05, 0) is 25.2 Å². The monoisotopic (exact) mass is 203 g/mol. The summed E-state index contributed by atoms with van der Waals surface area (Å²) in [6.07, 6.45) is 9.28. The second-order valence-electron chi connectivity index (χ2n) is 3.73. The maximum absolute atomic E-state index is 8.64. The zero-order valence-electron chi connectivity index (χ0n) is 8.40. The lowest BCUT2D eigenvalue weighted by Crippen LogP contribution is -2.00.